The highest BCUT2D eigenvalue weighted by Gasteiger charge is 2.36. The highest BCUT2D eigenvalue weighted by Crippen LogP contribution is 2.52. The number of para-hydroxylation sites is 2. The van der Waals surface area contributed by atoms with Crippen molar-refractivity contribution in [3.63, 3.8) is 0 Å². The minimum absolute atomic E-state index is 0.149. The minimum Gasteiger partial charge on any atom is -0.454 e. The highest BCUT2D eigenvalue weighted by atomic mass is 16.3. The molecular formula is C51H37NO. The van der Waals surface area contributed by atoms with E-state index in [1.165, 1.54) is 33.4 Å². The molecule has 0 amide bonds. The van der Waals surface area contributed by atoms with E-state index in [4.69, 9.17) is 4.42 Å². The van der Waals surface area contributed by atoms with Crippen molar-refractivity contribution >= 4 is 39.0 Å². The van der Waals surface area contributed by atoms with Gasteiger partial charge in [0.1, 0.15) is 5.58 Å². The summed E-state index contributed by atoms with van der Waals surface area (Å²) in [5.74, 6) is 0. The number of hydrogen-bond donors (Lipinski definition) is 0. The fourth-order valence-corrected chi connectivity index (χ4v) is 8.39. The fraction of sp³-hybridized carbons (Fsp3) is 0.0588. The first-order valence-corrected chi connectivity index (χ1v) is 18.3. The van der Waals surface area contributed by atoms with Gasteiger partial charge < -0.3 is 9.32 Å². The molecule has 0 fully saturated rings. The summed E-state index contributed by atoms with van der Waals surface area (Å²) in [5, 5.41) is 2.22. The van der Waals surface area contributed by atoms with Gasteiger partial charge in [-0.15, -0.1) is 0 Å². The summed E-state index contributed by atoms with van der Waals surface area (Å²) in [6, 6.07) is 67.9. The quantitative estimate of drug-likeness (QED) is 0.174. The molecule has 10 rings (SSSR count). The van der Waals surface area contributed by atoms with Crippen LogP contribution in [0.3, 0.4) is 0 Å². The van der Waals surface area contributed by atoms with Gasteiger partial charge in [-0.05, 0) is 80.4 Å². The zero-order valence-corrected chi connectivity index (χ0v) is 29.8. The van der Waals surface area contributed by atoms with E-state index in [-0.39, 0.29) is 5.41 Å². The first-order valence-electron chi connectivity index (χ1n) is 18.3. The van der Waals surface area contributed by atoms with Crippen LogP contribution in [0, 0.1) is 0 Å². The Bertz CT molecular complexity index is 2790. The average molecular weight is 680 g/mol. The third kappa shape index (κ3) is 5.10. The molecule has 252 valence electrons. The van der Waals surface area contributed by atoms with Crippen LogP contribution in [0.2, 0.25) is 0 Å². The van der Waals surface area contributed by atoms with E-state index in [1.807, 2.05) is 6.07 Å². The predicted octanol–water partition coefficient (Wildman–Crippen LogP) is 14.4. The second kappa shape index (κ2) is 12.3. The van der Waals surface area contributed by atoms with Gasteiger partial charge in [0.2, 0.25) is 0 Å². The Morgan fingerprint density at radius 1 is 0.396 bits per heavy atom. The van der Waals surface area contributed by atoms with Crippen molar-refractivity contribution in [1.82, 2.24) is 0 Å². The second-order valence-corrected chi connectivity index (χ2v) is 14.5. The number of benzene rings is 8. The van der Waals surface area contributed by atoms with Crippen LogP contribution in [-0.4, -0.2) is 0 Å². The lowest BCUT2D eigenvalue weighted by Crippen LogP contribution is -2.17. The monoisotopic (exact) mass is 679 g/mol. The van der Waals surface area contributed by atoms with Crippen LogP contribution in [-0.2, 0) is 5.41 Å². The lowest BCUT2D eigenvalue weighted by atomic mass is 9.82. The fourth-order valence-electron chi connectivity index (χ4n) is 8.39. The Morgan fingerprint density at radius 3 is 1.77 bits per heavy atom. The van der Waals surface area contributed by atoms with E-state index in [9.17, 15) is 0 Å². The molecule has 9 aromatic rings. The van der Waals surface area contributed by atoms with Crippen molar-refractivity contribution < 1.29 is 4.42 Å². The first-order chi connectivity index (χ1) is 26.0. The summed E-state index contributed by atoms with van der Waals surface area (Å²) in [6.07, 6.45) is 0. The highest BCUT2D eigenvalue weighted by molar-refractivity contribution is 6.11. The van der Waals surface area contributed by atoms with Crippen molar-refractivity contribution in [2.24, 2.45) is 0 Å². The van der Waals surface area contributed by atoms with Crippen molar-refractivity contribution in [3.05, 3.63) is 199 Å². The molecule has 1 aliphatic carbocycles. The number of nitrogens with zero attached hydrogens (tertiary/aromatic N) is 1. The van der Waals surface area contributed by atoms with Gasteiger partial charge in [-0.2, -0.15) is 0 Å². The van der Waals surface area contributed by atoms with Crippen LogP contribution in [0.5, 0.6) is 0 Å². The van der Waals surface area contributed by atoms with Crippen LogP contribution in [0.4, 0.5) is 17.1 Å². The summed E-state index contributed by atoms with van der Waals surface area (Å²) in [4.78, 5) is 2.42. The predicted molar refractivity (Wildman–Crippen MR) is 222 cm³/mol. The molecule has 8 aromatic carbocycles. The van der Waals surface area contributed by atoms with Crippen molar-refractivity contribution in [3.8, 4) is 44.5 Å². The van der Waals surface area contributed by atoms with Gasteiger partial charge in [0.05, 0.1) is 11.4 Å². The SMILES string of the molecule is CC1(C)c2ccccc2-c2ccc(N(c3cc(-c4ccc(-c5ccccc5)cc4)ccc3-c3ccccc3)c3cccc4c3oc3ccccc34)cc21. The number of hydrogen-bond acceptors (Lipinski definition) is 2. The molecule has 0 unspecified atom stereocenters. The minimum atomic E-state index is -0.149. The third-order valence-electron chi connectivity index (χ3n) is 11.1. The normalized spacial score (nSPS) is 12.9. The lowest BCUT2D eigenvalue weighted by molar-refractivity contribution is 0.660. The molecule has 0 saturated heterocycles. The largest absolute Gasteiger partial charge is 0.454 e. The standard InChI is InChI=1S/C51H37NO/c1-51(2)45-21-11-9-18-41(45)42-31-29-39(33-46(42)51)52(47-22-13-20-44-43-19-10-12-23-49(43)53-50(44)47)48-32-38(28-30-40(48)37-16-7-4-8-17-37)36-26-24-35(25-27-36)34-14-5-3-6-15-34/h3-33H,1-2H3. The van der Waals surface area contributed by atoms with E-state index < -0.39 is 0 Å². The topological polar surface area (TPSA) is 16.4 Å². The Kier molecular flexibility index (Phi) is 7.19. The van der Waals surface area contributed by atoms with E-state index in [2.05, 4.69) is 201 Å². The Hall–Kier alpha value is -6.64. The maximum Gasteiger partial charge on any atom is 0.159 e. The molecule has 2 heteroatoms. The van der Waals surface area contributed by atoms with Crippen LogP contribution in [0.25, 0.3) is 66.4 Å². The molecule has 1 heterocycles. The van der Waals surface area contributed by atoms with Gasteiger partial charge in [-0.25, -0.2) is 0 Å². The molecule has 0 bridgehead atoms. The molecule has 0 aliphatic heterocycles. The Labute approximate surface area is 310 Å². The van der Waals surface area contributed by atoms with Crippen LogP contribution in [0.1, 0.15) is 25.0 Å². The van der Waals surface area contributed by atoms with Crippen molar-refractivity contribution in [1.29, 1.82) is 0 Å². The Balaban J connectivity index is 1.23. The van der Waals surface area contributed by atoms with E-state index >= 15 is 0 Å². The van der Waals surface area contributed by atoms with Gasteiger partial charge in [0.25, 0.3) is 0 Å². The maximum atomic E-state index is 6.77. The van der Waals surface area contributed by atoms with Crippen LogP contribution >= 0.6 is 0 Å². The lowest BCUT2D eigenvalue weighted by Gasteiger charge is -2.30. The number of rotatable bonds is 6. The smallest absolute Gasteiger partial charge is 0.159 e. The molecule has 2 nitrogen and oxygen atoms in total. The van der Waals surface area contributed by atoms with Gasteiger partial charge in [0.15, 0.2) is 5.58 Å². The summed E-state index contributed by atoms with van der Waals surface area (Å²) in [6.45, 7) is 4.70. The van der Waals surface area contributed by atoms with Crippen LogP contribution in [0.15, 0.2) is 192 Å². The van der Waals surface area contributed by atoms with E-state index in [0.29, 0.717) is 0 Å². The molecule has 0 spiro atoms. The first kappa shape index (κ1) is 31.1. The molecule has 0 N–H and O–H groups in total. The summed E-state index contributed by atoms with van der Waals surface area (Å²) >= 11 is 0. The number of furan rings is 1. The van der Waals surface area contributed by atoms with E-state index in [0.717, 1.165) is 61.3 Å². The van der Waals surface area contributed by atoms with Gasteiger partial charge >= 0.3 is 0 Å². The molecular weight excluding hydrogens is 643 g/mol. The number of anilines is 3. The second-order valence-electron chi connectivity index (χ2n) is 14.5. The van der Waals surface area contributed by atoms with Gasteiger partial charge in [-0.3, -0.25) is 0 Å². The van der Waals surface area contributed by atoms with Crippen molar-refractivity contribution in [2.75, 3.05) is 4.90 Å². The average Bonchev–Trinajstić information content (AvgIpc) is 3.71. The van der Waals surface area contributed by atoms with E-state index in [1.54, 1.807) is 0 Å². The maximum absolute atomic E-state index is 6.77. The molecule has 0 atom stereocenters. The zero-order chi connectivity index (χ0) is 35.5. The molecule has 0 radical (unpaired) electrons. The molecule has 1 aromatic heterocycles. The molecule has 1 aliphatic rings. The zero-order valence-electron chi connectivity index (χ0n) is 29.8. The van der Waals surface area contributed by atoms with Gasteiger partial charge in [0, 0.05) is 27.4 Å². The molecule has 0 saturated carbocycles. The summed E-state index contributed by atoms with van der Waals surface area (Å²) < 4.78 is 6.77. The Morgan fingerprint density at radius 2 is 0.981 bits per heavy atom. The van der Waals surface area contributed by atoms with Gasteiger partial charge in [-0.1, -0.05) is 172 Å². The third-order valence-corrected chi connectivity index (χ3v) is 11.1. The number of fused-ring (bicyclic) bond motifs is 6. The molecule has 53 heavy (non-hydrogen) atoms. The van der Waals surface area contributed by atoms with Crippen LogP contribution < -0.4 is 4.90 Å². The summed E-state index contributed by atoms with van der Waals surface area (Å²) in [7, 11) is 0. The summed E-state index contributed by atoms with van der Waals surface area (Å²) in [5.41, 5.74) is 17.1. The van der Waals surface area contributed by atoms with Crippen molar-refractivity contribution in [2.45, 2.75) is 19.3 Å².